The smallest absolute Gasteiger partial charge is 0.273 e. The molecule has 0 radical (unpaired) electrons. The Morgan fingerprint density at radius 1 is 0.800 bits per heavy atom. The number of alkyl halides is 2. The minimum atomic E-state index is -2.59. The van der Waals surface area contributed by atoms with Crippen LogP contribution >= 0.6 is 0 Å². The Bertz CT molecular complexity index is 193. The molecule has 20 heavy (non-hydrogen) atoms. The molecule has 4 heteroatoms. The predicted molar refractivity (Wildman–Crippen MR) is 81.5 cm³/mol. The fraction of sp³-hybridized carbons (Fsp3) is 1.00. The average molecular weight is 296 g/mol. The van der Waals surface area contributed by atoms with E-state index < -0.39 is 18.4 Å². The number of rotatable bonds is 0. The van der Waals surface area contributed by atoms with Crippen LogP contribution < -0.4 is 0 Å². The van der Waals surface area contributed by atoms with Crippen LogP contribution in [0.5, 0.6) is 0 Å². The quantitative estimate of drug-likeness (QED) is 0.614. The van der Waals surface area contributed by atoms with Crippen LogP contribution in [0.3, 0.4) is 0 Å². The van der Waals surface area contributed by atoms with Crippen LogP contribution in [0.2, 0.25) is 0 Å². The fourth-order valence-corrected chi connectivity index (χ4v) is 1.64. The highest BCUT2D eigenvalue weighted by molar-refractivity contribution is 4.76. The zero-order chi connectivity index (χ0) is 16.0. The van der Waals surface area contributed by atoms with Gasteiger partial charge in [0.05, 0.1) is 0 Å². The zero-order valence-electron chi connectivity index (χ0n) is 14.2. The Labute approximate surface area is 124 Å². The molecule has 1 atom stereocenters. The van der Waals surface area contributed by atoms with Gasteiger partial charge in [-0.1, -0.05) is 41.5 Å². The Morgan fingerprint density at radius 3 is 1.50 bits per heavy atom. The number of hydrogen-bond acceptors (Lipinski definition) is 2. The molecule has 0 saturated carbocycles. The van der Waals surface area contributed by atoms with Gasteiger partial charge in [0.15, 0.2) is 0 Å². The SMILES string of the molecule is CC.CC.CC1CCOCC1.CC1CCOCC1(F)F. The summed E-state index contributed by atoms with van der Waals surface area (Å²) in [7, 11) is 0. The van der Waals surface area contributed by atoms with E-state index in [1.54, 1.807) is 6.92 Å². The first kappa shape index (κ1) is 22.1. The molecule has 0 aliphatic carbocycles. The highest BCUT2D eigenvalue weighted by Crippen LogP contribution is 2.30. The Morgan fingerprint density at radius 2 is 1.25 bits per heavy atom. The lowest BCUT2D eigenvalue weighted by Crippen LogP contribution is -2.37. The molecular formula is C16H34F2O2. The van der Waals surface area contributed by atoms with Crippen molar-refractivity contribution in [2.75, 3.05) is 26.4 Å². The normalized spacial score (nSPS) is 24.9. The van der Waals surface area contributed by atoms with Gasteiger partial charge in [0.2, 0.25) is 0 Å². The van der Waals surface area contributed by atoms with E-state index in [1.807, 2.05) is 27.7 Å². The molecule has 2 aliphatic heterocycles. The molecule has 2 saturated heterocycles. The van der Waals surface area contributed by atoms with Crippen molar-refractivity contribution in [1.82, 2.24) is 0 Å². The van der Waals surface area contributed by atoms with Gasteiger partial charge in [0.25, 0.3) is 5.92 Å². The average Bonchev–Trinajstić information content (AvgIpc) is 2.48. The van der Waals surface area contributed by atoms with E-state index in [1.165, 1.54) is 12.8 Å². The first-order valence-corrected chi connectivity index (χ1v) is 8.05. The fourth-order valence-electron chi connectivity index (χ4n) is 1.64. The van der Waals surface area contributed by atoms with Gasteiger partial charge >= 0.3 is 0 Å². The molecule has 0 aromatic heterocycles. The van der Waals surface area contributed by atoms with Crippen LogP contribution in [-0.2, 0) is 9.47 Å². The van der Waals surface area contributed by atoms with Gasteiger partial charge < -0.3 is 9.47 Å². The van der Waals surface area contributed by atoms with Crippen LogP contribution in [0.1, 0.15) is 60.8 Å². The van der Waals surface area contributed by atoms with E-state index in [-0.39, 0.29) is 0 Å². The second-order valence-electron chi connectivity index (χ2n) is 4.80. The van der Waals surface area contributed by atoms with Crippen molar-refractivity contribution in [3.05, 3.63) is 0 Å². The Hall–Kier alpha value is -0.220. The van der Waals surface area contributed by atoms with Gasteiger partial charge in [-0.15, -0.1) is 0 Å². The summed E-state index contributed by atoms with van der Waals surface area (Å²) in [4.78, 5) is 0. The summed E-state index contributed by atoms with van der Waals surface area (Å²) in [5.41, 5.74) is 0. The Balaban J connectivity index is 0. The highest BCUT2D eigenvalue weighted by atomic mass is 19.3. The van der Waals surface area contributed by atoms with E-state index >= 15 is 0 Å². The van der Waals surface area contributed by atoms with Crippen LogP contribution in [0.15, 0.2) is 0 Å². The molecule has 0 amide bonds. The van der Waals surface area contributed by atoms with Crippen molar-refractivity contribution < 1.29 is 18.3 Å². The van der Waals surface area contributed by atoms with Crippen LogP contribution in [0, 0.1) is 11.8 Å². The second kappa shape index (κ2) is 13.7. The monoisotopic (exact) mass is 296 g/mol. The summed E-state index contributed by atoms with van der Waals surface area (Å²) in [5, 5.41) is 0. The van der Waals surface area contributed by atoms with E-state index in [9.17, 15) is 8.78 Å². The second-order valence-corrected chi connectivity index (χ2v) is 4.80. The largest absolute Gasteiger partial charge is 0.381 e. The molecule has 0 aromatic carbocycles. The molecule has 2 fully saturated rings. The maximum absolute atomic E-state index is 12.5. The van der Waals surface area contributed by atoms with E-state index in [2.05, 4.69) is 11.7 Å². The molecule has 0 spiro atoms. The molecule has 0 aromatic rings. The third-order valence-electron chi connectivity index (χ3n) is 3.22. The maximum atomic E-state index is 12.5. The minimum absolute atomic E-state index is 0.395. The summed E-state index contributed by atoms with van der Waals surface area (Å²) in [5.74, 6) is -2.18. The van der Waals surface area contributed by atoms with E-state index in [0.717, 1.165) is 19.1 Å². The van der Waals surface area contributed by atoms with Crippen molar-refractivity contribution in [1.29, 1.82) is 0 Å². The first-order chi connectivity index (χ1) is 9.52. The van der Waals surface area contributed by atoms with Gasteiger partial charge in [0, 0.05) is 25.7 Å². The molecule has 0 N–H and O–H groups in total. The van der Waals surface area contributed by atoms with Crippen LogP contribution in [0.4, 0.5) is 8.78 Å². The molecule has 2 aliphatic rings. The molecule has 2 rings (SSSR count). The topological polar surface area (TPSA) is 18.5 Å². The van der Waals surface area contributed by atoms with Crippen molar-refractivity contribution >= 4 is 0 Å². The van der Waals surface area contributed by atoms with Gasteiger partial charge in [-0.2, -0.15) is 0 Å². The van der Waals surface area contributed by atoms with Crippen LogP contribution in [0.25, 0.3) is 0 Å². The van der Waals surface area contributed by atoms with Crippen molar-refractivity contribution in [2.45, 2.75) is 66.7 Å². The summed E-state index contributed by atoms with van der Waals surface area (Å²) in [6.07, 6.45) is 3.01. The van der Waals surface area contributed by atoms with Gasteiger partial charge in [-0.25, -0.2) is 8.78 Å². The lowest BCUT2D eigenvalue weighted by Gasteiger charge is -2.27. The minimum Gasteiger partial charge on any atom is -0.381 e. The van der Waals surface area contributed by atoms with Crippen molar-refractivity contribution in [3.8, 4) is 0 Å². The lowest BCUT2D eigenvalue weighted by molar-refractivity contribution is -0.148. The molecule has 0 bridgehead atoms. The van der Waals surface area contributed by atoms with Crippen molar-refractivity contribution in [3.63, 3.8) is 0 Å². The number of hydrogen-bond donors (Lipinski definition) is 0. The standard InChI is InChI=1S/C6H10F2O.C6H12O.2C2H6/c1-5-2-3-9-4-6(5,7)8;1-6-2-4-7-5-3-6;2*1-2/h5H,2-4H2,1H3;6H,2-5H2,1H3;2*1-2H3. The number of halogens is 2. The van der Waals surface area contributed by atoms with E-state index in [4.69, 9.17) is 4.74 Å². The van der Waals surface area contributed by atoms with Crippen molar-refractivity contribution in [2.24, 2.45) is 11.8 Å². The van der Waals surface area contributed by atoms with Crippen LogP contribution in [-0.4, -0.2) is 32.4 Å². The lowest BCUT2D eigenvalue weighted by atomic mass is 9.99. The molecule has 1 unspecified atom stereocenters. The summed E-state index contributed by atoms with van der Waals surface area (Å²) in [6.45, 7) is 13.9. The third kappa shape index (κ3) is 10.6. The van der Waals surface area contributed by atoms with E-state index in [0.29, 0.717) is 13.0 Å². The summed E-state index contributed by atoms with van der Waals surface area (Å²) >= 11 is 0. The third-order valence-corrected chi connectivity index (χ3v) is 3.22. The number of ether oxygens (including phenoxy) is 2. The molecular weight excluding hydrogens is 262 g/mol. The predicted octanol–water partition coefficient (Wildman–Crippen LogP) is 5.16. The maximum Gasteiger partial charge on any atom is 0.273 e. The van der Waals surface area contributed by atoms with Gasteiger partial charge in [-0.05, 0) is 25.2 Å². The molecule has 2 nitrogen and oxygen atoms in total. The zero-order valence-corrected chi connectivity index (χ0v) is 14.2. The molecule has 2 heterocycles. The highest BCUT2D eigenvalue weighted by Gasteiger charge is 2.39. The molecule has 124 valence electrons. The summed E-state index contributed by atoms with van der Waals surface area (Å²) < 4.78 is 34.7. The first-order valence-electron chi connectivity index (χ1n) is 8.05. The summed E-state index contributed by atoms with van der Waals surface area (Å²) in [6, 6.07) is 0. The Kier molecular flexibility index (Phi) is 15.2. The van der Waals surface area contributed by atoms with Gasteiger partial charge in [0.1, 0.15) is 6.61 Å². The van der Waals surface area contributed by atoms with Gasteiger partial charge in [-0.3, -0.25) is 0 Å².